The molecule has 0 spiro atoms. The molecule has 2 heterocycles. The Morgan fingerprint density at radius 1 is 1.00 bits per heavy atom. The second-order valence-electron chi connectivity index (χ2n) is 6.74. The number of carbonyl (C=O) groups excluding carboxylic acids is 1. The quantitative estimate of drug-likeness (QED) is 0.492. The molecule has 0 aliphatic heterocycles. The Morgan fingerprint density at radius 3 is 2.35 bits per heavy atom. The maximum absolute atomic E-state index is 12.9. The average Bonchev–Trinajstić information content (AvgIpc) is 3.23. The van der Waals surface area contributed by atoms with Gasteiger partial charge in [0.1, 0.15) is 0 Å². The van der Waals surface area contributed by atoms with Gasteiger partial charge in [0.15, 0.2) is 22.7 Å². The Kier molecular flexibility index (Phi) is 5.44. The molecule has 31 heavy (non-hydrogen) atoms. The van der Waals surface area contributed by atoms with E-state index < -0.39 is 0 Å². The highest BCUT2D eigenvalue weighted by Crippen LogP contribution is 2.38. The van der Waals surface area contributed by atoms with E-state index in [9.17, 15) is 4.79 Å². The lowest BCUT2D eigenvalue weighted by molar-refractivity contribution is 0.102. The van der Waals surface area contributed by atoms with Gasteiger partial charge in [0.05, 0.1) is 21.3 Å². The van der Waals surface area contributed by atoms with Crippen molar-refractivity contribution in [2.24, 2.45) is 0 Å². The molecule has 8 heteroatoms. The lowest BCUT2D eigenvalue weighted by Gasteiger charge is -2.14. The van der Waals surface area contributed by atoms with Crippen molar-refractivity contribution in [2.45, 2.75) is 6.92 Å². The van der Waals surface area contributed by atoms with E-state index in [0.29, 0.717) is 45.6 Å². The number of fused-ring (bicyclic) bond motifs is 1. The van der Waals surface area contributed by atoms with E-state index in [1.165, 1.54) is 21.3 Å². The van der Waals surface area contributed by atoms with E-state index >= 15 is 0 Å². The van der Waals surface area contributed by atoms with Crippen molar-refractivity contribution >= 4 is 22.8 Å². The molecule has 0 fully saturated rings. The summed E-state index contributed by atoms with van der Waals surface area (Å²) in [7, 11) is 4.52. The molecule has 4 rings (SSSR count). The maximum Gasteiger partial charge on any atom is 0.255 e. The first kappa shape index (κ1) is 20.2. The summed E-state index contributed by atoms with van der Waals surface area (Å²) in [6.07, 6.45) is 1.67. The summed E-state index contributed by atoms with van der Waals surface area (Å²) in [5.74, 6) is 1.41. The fourth-order valence-corrected chi connectivity index (χ4v) is 3.24. The number of hydrogen-bond acceptors (Lipinski definition) is 7. The fourth-order valence-electron chi connectivity index (χ4n) is 3.24. The van der Waals surface area contributed by atoms with E-state index in [1.807, 2.05) is 31.2 Å². The van der Waals surface area contributed by atoms with Crippen LogP contribution in [0.2, 0.25) is 0 Å². The van der Waals surface area contributed by atoms with Crippen LogP contribution in [0.5, 0.6) is 17.2 Å². The zero-order valence-corrected chi connectivity index (χ0v) is 17.6. The number of rotatable bonds is 6. The molecule has 1 N–H and O–H groups in total. The van der Waals surface area contributed by atoms with Crippen LogP contribution in [-0.4, -0.2) is 37.2 Å². The molecule has 0 bridgehead atoms. The molecule has 8 nitrogen and oxygen atoms in total. The number of anilines is 1. The molecular weight excluding hydrogens is 398 g/mol. The van der Waals surface area contributed by atoms with Gasteiger partial charge in [-0.25, -0.2) is 4.98 Å². The van der Waals surface area contributed by atoms with Crippen molar-refractivity contribution in [1.29, 1.82) is 0 Å². The molecule has 0 unspecified atom stereocenters. The number of aryl methyl sites for hydroxylation is 1. The normalized spacial score (nSPS) is 10.7. The van der Waals surface area contributed by atoms with Gasteiger partial charge in [-0.05, 0) is 55.0 Å². The van der Waals surface area contributed by atoms with Crippen molar-refractivity contribution < 1.29 is 23.4 Å². The number of pyridine rings is 1. The van der Waals surface area contributed by atoms with Crippen molar-refractivity contribution in [3.63, 3.8) is 0 Å². The molecule has 0 aliphatic carbocycles. The fraction of sp³-hybridized carbons (Fsp3) is 0.174. The number of hydrogen-bond donors (Lipinski definition) is 1. The minimum absolute atomic E-state index is 0.304. The van der Waals surface area contributed by atoms with Gasteiger partial charge >= 0.3 is 0 Å². The van der Waals surface area contributed by atoms with Gasteiger partial charge in [-0.1, -0.05) is 0 Å². The zero-order chi connectivity index (χ0) is 22.0. The Labute approximate surface area is 178 Å². The van der Waals surface area contributed by atoms with Crippen LogP contribution in [0, 0.1) is 6.92 Å². The van der Waals surface area contributed by atoms with Gasteiger partial charge in [-0.15, -0.1) is 0 Å². The lowest BCUT2D eigenvalue weighted by atomic mass is 10.1. The van der Waals surface area contributed by atoms with E-state index in [1.54, 1.807) is 24.4 Å². The number of methoxy groups -OCH3 is 3. The number of oxazole rings is 1. The van der Waals surface area contributed by atoms with E-state index in [0.717, 1.165) is 11.1 Å². The molecule has 1 amide bonds. The number of carbonyl (C=O) groups is 1. The van der Waals surface area contributed by atoms with Gasteiger partial charge in [0.25, 0.3) is 5.91 Å². The van der Waals surface area contributed by atoms with Gasteiger partial charge in [0, 0.05) is 23.0 Å². The summed E-state index contributed by atoms with van der Waals surface area (Å²) in [6, 6.07) is 12.4. The molecule has 0 radical (unpaired) electrons. The standard InChI is InChI=1S/C23H21N3O5/c1-13-10-14(23-26-21-17(31-23)6-5-9-24-21)7-8-16(13)25-22(27)15-11-18(28-2)20(30-4)19(12-15)29-3/h5-12H,1-4H3,(H,25,27). The number of nitrogens with zero attached hydrogens (tertiary/aromatic N) is 2. The first-order valence-corrected chi connectivity index (χ1v) is 9.48. The highest BCUT2D eigenvalue weighted by Gasteiger charge is 2.18. The van der Waals surface area contributed by atoms with Gasteiger partial charge in [-0.3, -0.25) is 4.79 Å². The number of amides is 1. The molecule has 0 atom stereocenters. The van der Waals surface area contributed by atoms with Crippen molar-refractivity contribution in [2.75, 3.05) is 26.6 Å². The Morgan fingerprint density at radius 2 is 1.74 bits per heavy atom. The van der Waals surface area contributed by atoms with Crippen LogP contribution < -0.4 is 19.5 Å². The molecule has 0 aliphatic rings. The van der Waals surface area contributed by atoms with Gasteiger partial charge in [-0.2, -0.15) is 4.98 Å². The van der Waals surface area contributed by atoms with Crippen molar-refractivity contribution in [3.8, 4) is 28.7 Å². The molecule has 4 aromatic rings. The topological polar surface area (TPSA) is 95.7 Å². The lowest BCUT2D eigenvalue weighted by Crippen LogP contribution is -2.13. The van der Waals surface area contributed by atoms with Crippen LogP contribution in [0.3, 0.4) is 0 Å². The molecule has 158 valence electrons. The molecule has 2 aromatic heterocycles. The van der Waals surface area contributed by atoms with Crippen LogP contribution in [0.1, 0.15) is 15.9 Å². The summed E-state index contributed by atoms with van der Waals surface area (Å²) < 4.78 is 21.7. The molecule has 0 saturated heterocycles. The van der Waals surface area contributed by atoms with E-state index in [4.69, 9.17) is 18.6 Å². The van der Waals surface area contributed by atoms with Crippen molar-refractivity contribution in [1.82, 2.24) is 9.97 Å². The first-order valence-electron chi connectivity index (χ1n) is 9.48. The second kappa shape index (κ2) is 8.35. The third-order valence-corrected chi connectivity index (χ3v) is 4.81. The number of ether oxygens (including phenoxy) is 3. The summed E-state index contributed by atoms with van der Waals surface area (Å²) >= 11 is 0. The van der Waals surface area contributed by atoms with Crippen molar-refractivity contribution in [3.05, 3.63) is 59.8 Å². The minimum atomic E-state index is -0.304. The maximum atomic E-state index is 12.9. The summed E-state index contributed by atoms with van der Waals surface area (Å²) in [6.45, 7) is 1.90. The van der Waals surface area contributed by atoms with Gasteiger partial charge < -0.3 is 23.9 Å². The Bertz CT molecular complexity index is 1210. The Balaban J connectivity index is 1.60. The van der Waals surface area contributed by atoms with Crippen LogP contribution in [0.15, 0.2) is 53.1 Å². The van der Waals surface area contributed by atoms with Crippen LogP contribution in [-0.2, 0) is 0 Å². The zero-order valence-electron chi connectivity index (χ0n) is 17.6. The highest BCUT2D eigenvalue weighted by atomic mass is 16.5. The van der Waals surface area contributed by atoms with Gasteiger partial charge in [0.2, 0.25) is 11.6 Å². The third kappa shape index (κ3) is 3.87. The first-order chi connectivity index (χ1) is 15.0. The SMILES string of the molecule is COc1cc(C(=O)Nc2ccc(-c3nc4ncccc4o3)cc2C)cc(OC)c1OC. The number of aromatic nitrogens is 2. The minimum Gasteiger partial charge on any atom is -0.493 e. The van der Waals surface area contributed by atoms with Crippen LogP contribution in [0.4, 0.5) is 5.69 Å². The number of benzene rings is 2. The number of nitrogens with one attached hydrogen (secondary N) is 1. The molecule has 2 aromatic carbocycles. The van der Waals surface area contributed by atoms with E-state index in [2.05, 4.69) is 15.3 Å². The Hall–Kier alpha value is -4.07. The van der Waals surface area contributed by atoms with Crippen LogP contribution in [0.25, 0.3) is 22.7 Å². The summed E-state index contributed by atoms with van der Waals surface area (Å²) in [5.41, 5.74) is 3.86. The highest BCUT2D eigenvalue weighted by molar-refractivity contribution is 6.05. The monoisotopic (exact) mass is 419 g/mol. The smallest absolute Gasteiger partial charge is 0.255 e. The average molecular weight is 419 g/mol. The molecule has 0 saturated carbocycles. The largest absolute Gasteiger partial charge is 0.493 e. The third-order valence-electron chi connectivity index (χ3n) is 4.81. The molecular formula is C23H21N3O5. The van der Waals surface area contributed by atoms with Crippen LogP contribution >= 0.6 is 0 Å². The predicted octanol–water partition coefficient (Wildman–Crippen LogP) is 4.48. The second-order valence-corrected chi connectivity index (χ2v) is 6.74. The van der Waals surface area contributed by atoms with E-state index in [-0.39, 0.29) is 5.91 Å². The summed E-state index contributed by atoms with van der Waals surface area (Å²) in [4.78, 5) is 21.5. The predicted molar refractivity (Wildman–Crippen MR) is 116 cm³/mol. The summed E-state index contributed by atoms with van der Waals surface area (Å²) in [5, 5.41) is 2.92.